The average Bonchev–Trinajstić information content (AvgIpc) is 2.82. The number of aryl methyl sites for hydroxylation is 2. The Labute approximate surface area is 109 Å². The maximum atomic E-state index is 5.88. The normalized spacial score (nSPS) is 12.5. The van der Waals surface area contributed by atoms with E-state index in [9.17, 15) is 0 Å². The highest BCUT2D eigenvalue weighted by Gasteiger charge is 2.21. The molecule has 0 spiro atoms. The standard InChI is InChI=1S/C14H11N3O2/c1-7-3-11-12(4-8(7)2)19-14-6-10-9(15-17-16-10)5-13(14)18-11/h3-6H,1-2H3,(H,15,16,17). The van der Waals surface area contributed by atoms with E-state index in [1.807, 2.05) is 24.3 Å². The van der Waals surface area contributed by atoms with Crippen molar-refractivity contribution in [3.63, 3.8) is 0 Å². The van der Waals surface area contributed by atoms with Crippen LogP contribution in [0.15, 0.2) is 24.3 Å². The minimum Gasteiger partial charge on any atom is -0.449 e. The second-order valence-corrected chi connectivity index (χ2v) is 4.70. The predicted octanol–water partition coefficient (Wildman–Crippen LogP) is 3.47. The Hall–Kier alpha value is -2.56. The van der Waals surface area contributed by atoms with Gasteiger partial charge in [0, 0.05) is 12.1 Å². The largest absolute Gasteiger partial charge is 0.449 e. The van der Waals surface area contributed by atoms with Crippen molar-refractivity contribution in [1.29, 1.82) is 0 Å². The number of rotatable bonds is 0. The number of H-pyrrole nitrogens is 1. The number of aromatic nitrogens is 3. The Morgan fingerprint density at radius 3 is 1.63 bits per heavy atom. The molecule has 2 aromatic carbocycles. The minimum absolute atomic E-state index is 0.664. The quantitative estimate of drug-likeness (QED) is 0.521. The zero-order chi connectivity index (χ0) is 13.0. The van der Waals surface area contributed by atoms with Gasteiger partial charge in [-0.3, -0.25) is 0 Å². The molecular formula is C14H11N3O2. The van der Waals surface area contributed by atoms with Crippen LogP contribution in [-0.2, 0) is 0 Å². The molecule has 1 aliphatic rings. The summed E-state index contributed by atoms with van der Waals surface area (Å²) < 4.78 is 11.8. The smallest absolute Gasteiger partial charge is 0.172 e. The molecule has 19 heavy (non-hydrogen) atoms. The summed E-state index contributed by atoms with van der Waals surface area (Å²) in [7, 11) is 0. The molecule has 94 valence electrons. The molecule has 0 bridgehead atoms. The van der Waals surface area contributed by atoms with E-state index in [2.05, 4.69) is 29.3 Å². The van der Waals surface area contributed by atoms with Crippen molar-refractivity contribution in [2.75, 3.05) is 0 Å². The third-order valence-corrected chi connectivity index (χ3v) is 3.38. The Balaban J connectivity index is 1.89. The molecule has 0 fully saturated rings. The van der Waals surface area contributed by atoms with Gasteiger partial charge in [-0.15, -0.1) is 0 Å². The first-order valence-corrected chi connectivity index (χ1v) is 6.02. The first-order chi connectivity index (χ1) is 9.20. The number of nitrogens with one attached hydrogen (secondary N) is 1. The molecule has 0 amide bonds. The van der Waals surface area contributed by atoms with Crippen LogP contribution >= 0.6 is 0 Å². The molecule has 0 unspecified atom stereocenters. The van der Waals surface area contributed by atoms with E-state index in [0.29, 0.717) is 11.5 Å². The Morgan fingerprint density at radius 2 is 1.16 bits per heavy atom. The summed E-state index contributed by atoms with van der Waals surface area (Å²) in [6, 6.07) is 7.62. The summed E-state index contributed by atoms with van der Waals surface area (Å²) in [6.45, 7) is 4.10. The van der Waals surface area contributed by atoms with E-state index >= 15 is 0 Å². The van der Waals surface area contributed by atoms with Crippen LogP contribution in [0.4, 0.5) is 0 Å². The van der Waals surface area contributed by atoms with Gasteiger partial charge in [-0.05, 0) is 37.1 Å². The van der Waals surface area contributed by atoms with Crippen molar-refractivity contribution in [3.8, 4) is 23.0 Å². The molecule has 0 saturated carbocycles. The molecule has 0 aliphatic carbocycles. The highest BCUT2D eigenvalue weighted by Crippen LogP contribution is 2.47. The lowest BCUT2D eigenvalue weighted by atomic mass is 10.1. The molecule has 3 aromatic rings. The number of hydrogen-bond acceptors (Lipinski definition) is 4. The molecule has 4 rings (SSSR count). The molecular weight excluding hydrogens is 242 g/mol. The number of ether oxygens (including phenoxy) is 2. The Kier molecular flexibility index (Phi) is 1.90. The Bertz CT molecular complexity index is 743. The third kappa shape index (κ3) is 1.48. The number of nitrogens with zero attached hydrogens (tertiary/aromatic N) is 2. The van der Waals surface area contributed by atoms with Gasteiger partial charge in [-0.1, -0.05) is 0 Å². The van der Waals surface area contributed by atoms with Crippen LogP contribution in [-0.4, -0.2) is 15.4 Å². The van der Waals surface area contributed by atoms with Gasteiger partial charge < -0.3 is 9.47 Å². The Morgan fingerprint density at radius 1 is 0.737 bits per heavy atom. The van der Waals surface area contributed by atoms with Crippen LogP contribution < -0.4 is 9.47 Å². The molecule has 2 heterocycles. The topological polar surface area (TPSA) is 60.0 Å². The monoisotopic (exact) mass is 253 g/mol. The van der Waals surface area contributed by atoms with E-state index in [0.717, 1.165) is 22.5 Å². The van der Waals surface area contributed by atoms with Crippen molar-refractivity contribution in [2.45, 2.75) is 13.8 Å². The van der Waals surface area contributed by atoms with Gasteiger partial charge in [0.1, 0.15) is 11.0 Å². The maximum absolute atomic E-state index is 5.88. The lowest BCUT2D eigenvalue weighted by Gasteiger charge is -2.21. The summed E-state index contributed by atoms with van der Waals surface area (Å²) in [6.07, 6.45) is 0. The number of aromatic amines is 1. The van der Waals surface area contributed by atoms with Crippen molar-refractivity contribution in [2.24, 2.45) is 0 Å². The fraction of sp³-hybridized carbons (Fsp3) is 0.143. The van der Waals surface area contributed by atoms with Crippen molar-refractivity contribution < 1.29 is 9.47 Å². The fourth-order valence-electron chi connectivity index (χ4n) is 2.17. The highest BCUT2D eigenvalue weighted by molar-refractivity contribution is 5.79. The minimum atomic E-state index is 0.664. The highest BCUT2D eigenvalue weighted by atomic mass is 16.6. The average molecular weight is 253 g/mol. The van der Waals surface area contributed by atoms with E-state index in [-0.39, 0.29) is 0 Å². The van der Waals surface area contributed by atoms with E-state index < -0.39 is 0 Å². The summed E-state index contributed by atoms with van der Waals surface area (Å²) >= 11 is 0. The van der Waals surface area contributed by atoms with Crippen LogP contribution in [0.5, 0.6) is 23.0 Å². The first-order valence-electron chi connectivity index (χ1n) is 6.02. The second-order valence-electron chi connectivity index (χ2n) is 4.70. The maximum Gasteiger partial charge on any atom is 0.172 e. The SMILES string of the molecule is Cc1cc2c(cc1C)Oc1cc3n[nH]nc3cc1O2. The second kappa shape index (κ2) is 3.47. The first kappa shape index (κ1) is 10.4. The van der Waals surface area contributed by atoms with Gasteiger partial charge in [-0.25, -0.2) is 0 Å². The molecule has 5 heteroatoms. The van der Waals surface area contributed by atoms with Gasteiger partial charge in [0.05, 0.1) is 0 Å². The summed E-state index contributed by atoms with van der Waals surface area (Å²) in [4.78, 5) is 0. The van der Waals surface area contributed by atoms with Crippen LogP contribution in [0.3, 0.4) is 0 Å². The number of hydrogen-bond donors (Lipinski definition) is 1. The van der Waals surface area contributed by atoms with E-state index in [4.69, 9.17) is 9.47 Å². The molecule has 0 atom stereocenters. The lowest BCUT2D eigenvalue weighted by molar-refractivity contribution is 0.360. The van der Waals surface area contributed by atoms with Crippen LogP contribution in [0.25, 0.3) is 11.0 Å². The molecule has 0 radical (unpaired) electrons. The zero-order valence-corrected chi connectivity index (χ0v) is 10.5. The van der Waals surface area contributed by atoms with Crippen LogP contribution in [0.1, 0.15) is 11.1 Å². The van der Waals surface area contributed by atoms with Gasteiger partial charge in [0.25, 0.3) is 0 Å². The molecule has 1 aliphatic heterocycles. The molecule has 1 aromatic heterocycles. The van der Waals surface area contributed by atoms with Crippen LogP contribution in [0, 0.1) is 13.8 Å². The van der Waals surface area contributed by atoms with Crippen molar-refractivity contribution in [1.82, 2.24) is 15.4 Å². The predicted molar refractivity (Wildman–Crippen MR) is 70.0 cm³/mol. The molecule has 5 nitrogen and oxygen atoms in total. The van der Waals surface area contributed by atoms with Crippen molar-refractivity contribution in [3.05, 3.63) is 35.4 Å². The van der Waals surface area contributed by atoms with Gasteiger partial charge in [-0.2, -0.15) is 15.4 Å². The zero-order valence-electron chi connectivity index (χ0n) is 10.5. The van der Waals surface area contributed by atoms with E-state index in [1.54, 1.807) is 0 Å². The summed E-state index contributed by atoms with van der Waals surface area (Å²) in [5.74, 6) is 2.80. The van der Waals surface area contributed by atoms with Gasteiger partial charge in [0.2, 0.25) is 0 Å². The van der Waals surface area contributed by atoms with Gasteiger partial charge in [0.15, 0.2) is 23.0 Å². The van der Waals surface area contributed by atoms with Crippen molar-refractivity contribution >= 4 is 11.0 Å². The molecule has 0 saturated heterocycles. The number of fused-ring (bicyclic) bond motifs is 3. The van der Waals surface area contributed by atoms with E-state index in [1.165, 1.54) is 11.1 Å². The molecule has 1 N–H and O–H groups in total. The lowest BCUT2D eigenvalue weighted by Crippen LogP contribution is -2.00. The fourth-order valence-corrected chi connectivity index (χ4v) is 2.17. The van der Waals surface area contributed by atoms with Gasteiger partial charge >= 0.3 is 0 Å². The summed E-state index contributed by atoms with van der Waals surface area (Å²) in [5.41, 5.74) is 3.87. The third-order valence-electron chi connectivity index (χ3n) is 3.38. The number of benzene rings is 2. The summed E-state index contributed by atoms with van der Waals surface area (Å²) in [5, 5.41) is 10.7. The van der Waals surface area contributed by atoms with Crippen LogP contribution in [0.2, 0.25) is 0 Å².